The topological polar surface area (TPSA) is 192 Å². The minimum Gasteiger partial charge on any atom is -0.478 e. The normalized spacial score (nSPS) is 21.9. The van der Waals surface area contributed by atoms with Crippen LogP contribution in [0.5, 0.6) is 0 Å². The Morgan fingerprint density at radius 1 is 1.06 bits per heavy atom. The maximum atomic E-state index is 12.7. The van der Waals surface area contributed by atoms with Crippen molar-refractivity contribution in [2.45, 2.75) is 77.2 Å². The van der Waals surface area contributed by atoms with Crippen LogP contribution in [0.1, 0.15) is 46.5 Å². The summed E-state index contributed by atoms with van der Waals surface area (Å²) in [6.07, 6.45) is -2.33. The molecule has 0 aromatic carbocycles. The van der Waals surface area contributed by atoms with Crippen molar-refractivity contribution >= 4 is 34.7 Å². The van der Waals surface area contributed by atoms with Gasteiger partial charge in [-0.3, -0.25) is 14.4 Å². The summed E-state index contributed by atoms with van der Waals surface area (Å²) in [6.45, 7) is 5.62. The number of aliphatic hydroxyl groups is 3. The van der Waals surface area contributed by atoms with E-state index >= 15 is 0 Å². The van der Waals surface area contributed by atoms with Crippen LogP contribution in [0.3, 0.4) is 0 Å². The predicted molar refractivity (Wildman–Crippen MR) is 131 cm³/mol. The predicted octanol–water partition coefficient (Wildman–Crippen LogP) is -0.450. The van der Waals surface area contributed by atoms with Crippen molar-refractivity contribution in [2.75, 3.05) is 25.4 Å². The molecule has 1 aliphatic rings. The highest BCUT2D eigenvalue weighted by atomic mass is 32.2. The summed E-state index contributed by atoms with van der Waals surface area (Å²) in [4.78, 5) is 46.4. The van der Waals surface area contributed by atoms with E-state index in [2.05, 4.69) is 10.6 Å². The van der Waals surface area contributed by atoms with Crippen LogP contribution in [-0.2, 0) is 28.7 Å². The van der Waals surface area contributed by atoms with E-state index in [9.17, 15) is 34.5 Å². The monoisotopic (exact) mass is 534 g/mol. The largest absolute Gasteiger partial charge is 0.478 e. The number of nitrogens with one attached hydrogen (secondary N) is 2. The van der Waals surface area contributed by atoms with E-state index in [1.54, 1.807) is 20.8 Å². The quantitative estimate of drug-likeness (QED) is 0.118. The van der Waals surface area contributed by atoms with Crippen LogP contribution in [0.25, 0.3) is 0 Å². The summed E-state index contributed by atoms with van der Waals surface area (Å²) in [7, 11) is 0. The van der Waals surface area contributed by atoms with Gasteiger partial charge in [0.1, 0.15) is 6.10 Å². The minimum atomic E-state index is -1.22. The number of rotatable bonds is 15. The molecule has 1 rings (SSSR count). The van der Waals surface area contributed by atoms with Crippen LogP contribution in [-0.4, -0.2) is 99.5 Å². The molecule has 1 saturated heterocycles. The Morgan fingerprint density at radius 2 is 1.75 bits per heavy atom. The molecule has 1 aliphatic heterocycles. The molecule has 4 unspecified atom stereocenters. The SMILES string of the molecule is CC(O)CC(O)CC(O)CC1OCC(C)(C)[C@H](C(=O)NCCC(=O)NCCSC(=O)/C=C/C(=O)O)O1. The second-order valence-electron chi connectivity index (χ2n) is 9.34. The first-order valence-corrected chi connectivity index (χ1v) is 12.7. The minimum absolute atomic E-state index is 0.0101. The van der Waals surface area contributed by atoms with E-state index in [1.807, 2.05) is 0 Å². The lowest BCUT2D eigenvalue weighted by molar-refractivity contribution is -0.261. The molecule has 5 atom stereocenters. The zero-order valence-corrected chi connectivity index (χ0v) is 21.7. The van der Waals surface area contributed by atoms with E-state index in [-0.39, 0.29) is 57.0 Å². The Labute approximate surface area is 214 Å². The number of hydrogen-bond donors (Lipinski definition) is 6. The number of carbonyl (C=O) groups excluding carboxylic acids is 3. The van der Waals surface area contributed by atoms with Gasteiger partial charge in [0.2, 0.25) is 16.9 Å². The van der Waals surface area contributed by atoms with Gasteiger partial charge in [-0.05, 0) is 25.8 Å². The van der Waals surface area contributed by atoms with Gasteiger partial charge < -0.3 is 40.5 Å². The Morgan fingerprint density at radius 3 is 2.39 bits per heavy atom. The number of carboxylic acids is 1. The van der Waals surface area contributed by atoms with E-state index in [0.29, 0.717) is 0 Å². The second kappa shape index (κ2) is 15.9. The van der Waals surface area contributed by atoms with Gasteiger partial charge in [0.15, 0.2) is 6.29 Å². The van der Waals surface area contributed by atoms with Gasteiger partial charge in [0.25, 0.3) is 0 Å². The number of ether oxygens (including phenoxy) is 2. The molecular weight excluding hydrogens is 496 g/mol. The van der Waals surface area contributed by atoms with Gasteiger partial charge in [0.05, 0.1) is 24.9 Å². The molecule has 206 valence electrons. The van der Waals surface area contributed by atoms with Gasteiger partial charge in [0, 0.05) is 43.2 Å². The molecule has 0 bridgehead atoms. The third-order valence-corrected chi connectivity index (χ3v) is 6.01. The fourth-order valence-electron chi connectivity index (χ4n) is 3.43. The average Bonchev–Trinajstić information content (AvgIpc) is 2.75. The molecule has 12 nitrogen and oxygen atoms in total. The molecule has 0 aromatic rings. The highest BCUT2D eigenvalue weighted by molar-refractivity contribution is 8.14. The first-order chi connectivity index (χ1) is 16.8. The molecular formula is C23H38N2O10S. The third-order valence-electron chi connectivity index (χ3n) is 5.18. The summed E-state index contributed by atoms with van der Waals surface area (Å²) in [5.74, 6) is -1.69. The number of carboxylic acid groups (broad SMARTS) is 1. The van der Waals surface area contributed by atoms with E-state index < -0.39 is 53.1 Å². The summed E-state index contributed by atoms with van der Waals surface area (Å²) in [5, 5.41) is 42.7. The Balaban J connectivity index is 2.38. The van der Waals surface area contributed by atoms with Crippen LogP contribution in [0.2, 0.25) is 0 Å². The highest BCUT2D eigenvalue weighted by Crippen LogP contribution is 2.32. The molecule has 0 aliphatic carbocycles. The van der Waals surface area contributed by atoms with Gasteiger partial charge in [-0.2, -0.15) is 0 Å². The fourth-order valence-corrected chi connectivity index (χ4v) is 4.00. The average molecular weight is 535 g/mol. The lowest BCUT2D eigenvalue weighted by atomic mass is 9.85. The molecule has 13 heteroatoms. The third kappa shape index (κ3) is 13.3. The van der Waals surface area contributed by atoms with Gasteiger partial charge in [-0.15, -0.1) is 0 Å². The molecule has 1 fully saturated rings. The summed E-state index contributed by atoms with van der Waals surface area (Å²) >= 11 is 0.873. The van der Waals surface area contributed by atoms with Gasteiger partial charge in [-0.1, -0.05) is 25.6 Å². The number of amides is 2. The van der Waals surface area contributed by atoms with E-state index in [0.717, 1.165) is 23.9 Å². The van der Waals surface area contributed by atoms with Crippen molar-refractivity contribution < 1.29 is 49.1 Å². The zero-order valence-electron chi connectivity index (χ0n) is 20.8. The molecule has 0 spiro atoms. The Kier molecular flexibility index (Phi) is 14.2. The molecule has 0 aromatic heterocycles. The van der Waals surface area contributed by atoms with Crippen LogP contribution < -0.4 is 10.6 Å². The lowest BCUT2D eigenvalue weighted by Gasteiger charge is -2.41. The maximum Gasteiger partial charge on any atom is 0.328 e. The van der Waals surface area contributed by atoms with E-state index in [1.165, 1.54) is 0 Å². The Bertz CT molecular complexity index is 774. The highest BCUT2D eigenvalue weighted by Gasteiger charge is 2.43. The molecule has 1 heterocycles. The van der Waals surface area contributed by atoms with Crippen molar-refractivity contribution in [1.29, 1.82) is 0 Å². The standard InChI is InChI=1S/C23H38N2O10S/c1-14(26)10-15(27)11-16(28)12-20-34-13-23(2,3)21(35-20)22(33)25-7-6-17(29)24-8-9-36-19(32)5-4-18(30)31/h4-5,14-16,20-21,26-28H,6-13H2,1-3H3,(H,24,29)(H,25,33)(H,30,31)/b5-4+/t14?,15?,16?,20?,21-/m0/s1. The van der Waals surface area contributed by atoms with Gasteiger partial charge in [-0.25, -0.2) is 4.79 Å². The first kappa shape index (κ1) is 32.0. The Hall–Kier alpha value is -2.03. The van der Waals surface area contributed by atoms with Crippen molar-refractivity contribution in [3.05, 3.63) is 12.2 Å². The van der Waals surface area contributed by atoms with Crippen molar-refractivity contribution in [3.63, 3.8) is 0 Å². The fraction of sp³-hybridized carbons (Fsp3) is 0.739. The molecule has 0 radical (unpaired) electrons. The number of aliphatic hydroxyl groups excluding tert-OH is 3. The number of thioether (sulfide) groups is 1. The zero-order chi connectivity index (χ0) is 27.3. The molecule has 36 heavy (non-hydrogen) atoms. The molecule has 2 amide bonds. The van der Waals surface area contributed by atoms with E-state index in [4.69, 9.17) is 14.6 Å². The van der Waals surface area contributed by atoms with Crippen LogP contribution in [0.15, 0.2) is 12.2 Å². The first-order valence-electron chi connectivity index (χ1n) is 11.7. The number of hydrogen-bond acceptors (Lipinski definition) is 10. The molecule has 6 N–H and O–H groups in total. The van der Waals surface area contributed by atoms with Crippen molar-refractivity contribution in [3.8, 4) is 0 Å². The summed E-state index contributed by atoms with van der Waals surface area (Å²) < 4.78 is 11.4. The lowest BCUT2D eigenvalue weighted by Crippen LogP contribution is -2.54. The number of aliphatic carboxylic acids is 1. The number of carbonyl (C=O) groups is 4. The van der Waals surface area contributed by atoms with Crippen molar-refractivity contribution in [2.24, 2.45) is 5.41 Å². The van der Waals surface area contributed by atoms with Crippen LogP contribution >= 0.6 is 11.8 Å². The van der Waals surface area contributed by atoms with Crippen LogP contribution in [0, 0.1) is 5.41 Å². The second-order valence-corrected chi connectivity index (χ2v) is 10.4. The maximum absolute atomic E-state index is 12.7. The summed E-state index contributed by atoms with van der Waals surface area (Å²) in [5.41, 5.74) is -0.654. The molecule has 0 saturated carbocycles. The van der Waals surface area contributed by atoms with Crippen molar-refractivity contribution in [1.82, 2.24) is 10.6 Å². The van der Waals surface area contributed by atoms with Gasteiger partial charge >= 0.3 is 5.97 Å². The smallest absolute Gasteiger partial charge is 0.328 e. The summed E-state index contributed by atoms with van der Waals surface area (Å²) in [6, 6.07) is 0. The van der Waals surface area contributed by atoms with Crippen LogP contribution in [0.4, 0.5) is 0 Å².